The number of anilines is 1. The second kappa shape index (κ2) is 11.6. The van der Waals surface area contributed by atoms with Gasteiger partial charge in [-0.2, -0.15) is 0 Å². The van der Waals surface area contributed by atoms with Crippen molar-refractivity contribution in [3.8, 4) is 0 Å². The highest BCUT2D eigenvalue weighted by Crippen LogP contribution is 2.15. The maximum absolute atomic E-state index is 12.5. The Morgan fingerprint density at radius 2 is 1.48 bits per heavy atom. The van der Waals surface area contributed by atoms with Crippen LogP contribution in [0.3, 0.4) is 0 Å². The summed E-state index contributed by atoms with van der Waals surface area (Å²) >= 11 is 0. The summed E-state index contributed by atoms with van der Waals surface area (Å²) in [5, 5.41) is 13.9. The highest BCUT2D eigenvalue weighted by Gasteiger charge is 2.24. The van der Waals surface area contributed by atoms with E-state index < -0.39 is 4.92 Å². The first-order chi connectivity index (χ1) is 15.0. The summed E-state index contributed by atoms with van der Waals surface area (Å²) in [4.78, 5) is 41.3. The summed E-state index contributed by atoms with van der Waals surface area (Å²) < 4.78 is 0. The molecule has 1 aromatic carbocycles. The van der Waals surface area contributed by atoms with Crippen molar-refractivity contribution in [3.05, 3.63) is 34.4 Å². The maximum Gasteiger partial charge on any atom is 0.269 e. The first kappa shape index (κ1) is 23.0. The van der Waals surface area contributed by atoms with Crippen LogP contribution in [0.1, 0.15) is 38.5 Å². The molecule has 2 aliphatic heterocycles. The Morgan fingerprint density at radius 3 is 2.10 bits per heavy atom. The molecule has 2 fully saturated rings. The molecule has 0 bridgehead atoms. The normalized spacial score (nSPS) is 17.8. The molecule has 0 aliphatic carbocycles. The summed E-state index contributed by atoms with van der Waals surface area (Å²) in [6, 6.07) is 6.27. The first-order valence-electron chi connectivity index (χ1n) is 11.3. The Balaban J connectivity index is 1.30. The minimum Gasteiger partial charge on any atom is -0.385 e. The number of piperazine rings is 1. The average Bonchev–Trinajstić information content (AvgIpc) is 3.07. The first-order valence-corrected chi connectivity index (χ1v) is 11.3. The number of hydrogen-bond acceptors (Lipinski definition) is 6. The van der Waals surface area contributed by atoms with Crippen LogP contribution in [0.4, 0.5) is 11.4 Å². The van der Waals surface area contributed by atoms with Gasteiger partial charge in [0.1, 0.15) is 0 Å². The van der Waals surface area contributed by atoms with Crippen LogP contribution < -0.4 is 5.32 Å². The van der Waals surface area contributed by atoms with E-state index in [-0.39, 0.29) is 17.5 Å². The lowest BCUT2D eigenvalue weighted by atomic mass is 10.2. The molecule has 0 aromatic heterocycles. The van der Waals surface area contributed by atoms with Crippen LogP contribution in [-0.4, -0.2) is 83.8 Å². The minimum absolute atomic E-state index is 0.0630. The molecule has 170 valence electrons. The summed E-state index contributed by atoms with van der Waals surface area (Å²) in [5.74, 6) is 0.364. The van der Waals surface area contributed by atoms with Crippen molar-refractivity contribution in [1.29, 1.82) is 0 Å². The number of nitrogens with zero attached hydrogens (tertiary/aromatic N) is 4. The van der Waals surface area contributed by atoms with Crippen molar-refractivity contribution in [2.75, 3.05) is 57.7 Å². The number of rotatable bonds is 8. The summed E-state index contributed by atoms with van der Waals surface area (Å²) in [7, 11) is 0. The van der Waals surface area contributed by atoms with Gasteiger partial charge in [-0.25, -0.2) is 0 Å². The van der Waals surface area contributed by atoms with Gasteiger partial charge in [-0.15, -0.1) is 0 Å². The van der Waals surface area contributed by atoms with Gasteiger partial charge in [-0.05, 0) is 31.4 Å². The summed E-state index contributed by atoms with van der Waals surface area (Å²) in [6.07, 6.45) is 5.80. The highest BCUT2D eigenvalue weighted by atomic mass is 16.6. The lowest BCUT2D eigenvalue weighted by Crippen LogP contribution is -2.51. The fourth-order valence-corrected chi connectivity index (χ4v) is 4.10. The molecule has 2 heterocycles. The molecule has 9 heteroatoms. The summed E-state index contributed by atoms with van der Waals surface area (Å²) in [6.45, 7) is 5.67. The van der Waals surface area contributed by atoms with E-state index >= 15 is 0 Å². The van der Waals surface area contributed by atoms with E-state index in [2.05, 4.69) is 10.2 Å². The number of carbonyl (C=O) groups is 2. The molecule has 0 spiro atoms. The Kier molecular flexibility index (Phi) is 8.63. The fourth-order valence-electron chi connectivity index (χ4n) is 4.10. The largest absolute Gasteiger partial charge is 0.385 e. The zero-order valence-electron chi connectivity index (χ0n) is 18.1. The van der Waals surface area contributed by atoms with Crippen LogP contribution in [0.25, 0.3) is 0 Å². The number of hydrogen-bond donors (Lipinski definition) is 1. The molecule has 3 rings (SSSR count). The van der Waals surface area contributed by atoms with Gasteiger partial charge >= 0.3 is 0 Å². The van der Waals surface area contributed by atoms with Crippen LogP contribution in [0.15, 0.2) is 24.3 Å². The molecular weight excluding hydrogens is 398 g/mol. The van der Waals surface area contributed by atoms with Crippen LogP contribution in [0, 0.1) is 10.1 Å². The molecule has 2 saturated heterocycles. The molecule has 0 unspecified atom stereocenters. The number of non-ortho nitro benzene ring substituents is 1. The molecule has 0 radical (unpaired) electrons. The lowest BCUT2D eigenvalue weighted by molar-refractivity contribution is -0.384. The molecule has 9 nitrogen and oxygen atoms in total. The van der Waals surface area contributed by atoms with E-state index in [1.165, 1.54) is 25.0 Å². The van der Waals surface area contributed by atoms with Crippen LogP contribution in [-0.2, 0) is 9.59 Å². The fraction of sp³-hybridized carbons (Fsp3) is 0.636. The number of benzene rings is 1. The molecule has 31 heavy (non-hydrogen) atoms. The minimum atomic E-state index is -0.424. The number of carbonyl (C=O) groups excluding carboxylic acids is 2. The highest BCUT2D eigenvalue weighted by molar-refractivity contribution is 5.78. The van der Waals surface area contributed by atoms with E-state index in [1.807, 2.05) is 9.80 Å². The van der Waals surface area contributed by atoms with E-state index in [4.69, 9.17) is 0 Å². The van der Waals surface area contributed by atoms with Crippen molar-refractivity contribution >= 4 is 23.2 Å². The second-order valence-corrected chi connectivity index (χ2v) is 8.29. The van der Waals surface area contributed by atoms with Crippen molar-refractivity contribution in [2.24, 2.45) is 0 Å². The molecule has 0 saturated carbocycles. The van der Waals surface area contributed by atoms with Gasteiger partial charge in [-0.3, -0.25) is 24.6 Å². The van der Waals surface area contributed by atoms with Crippen molar-refractivity contribution in [1.82, 2.24) is 14.7 Å². The third-order valence-electron chi connectivity index (χ3n) is 6.02. The Hall–Kier alpha value is -2.68. The Morgan fingerprint density at radius 1 is 0.871 bits per heavy atom. The molecular formula is C22H33N5O4. The summed E-state index contributed by atoms with van der Waals surface area (Å²) in [5.41, 5.74) is 0.869. The molecule has 2 amide bonds. The SMILES string of the molecule is O=C(CCCNc1ccc([N+](=O)[O-])cc1)N1CCN(CC(=O)N2CCCCCC2)CC1. The topological polar surface area (TPSA) is 99.0 Å². The van der Waals surface area contributed by atoms with Gasteiger partial charge in [0, 0.05) is 70.1 Å². The number of nitrogens with one attached hydrogen (secondary N) is 1. The zero-order chi connectivity index (χ0) is 22.1. The second-order valence-electron chi connectivity index (χ2n) is 8.29. The molecule has 0 atom stereocenters. The van der Waals surface area contributed by atoms with Crippen molar-refractivity contribution in [3.63, 3.8) is 0 Å². The monoisotopic (exact) mass is 431 g/mol. The van der Waals surface area contributed by atoms with E-state index in [0.717, 1.165) is 44.7 Å². The quantitative estimate of drug-likeness (QED) is 0.385. The standard InChI is InChI=1S/C22H33N5O4/c28-21(6-5-11-23-19-7-9-20(10-8-19)27(30)31)26-16-14-24(15-17-26)18-22(29)25-12-3-1-2-4-13-25/h7-10,23H,1-6,11-18H2. The lowest BCUT2D eigenvalue weighted by Gasteiger charge is -2.35. The third-order valence-corrected chi connectivity index (χ3v) is 6.02. The number of amides is 2. The van der Waals surface area contributed by atoms with E-state index in [1.54, 1.807) is 12.1 Å². The Bertz CT molecular complexity index is 739. The van der Waals surface area contributed by atoms with Crippen LogP contribution in [0.2, 0.25) is 0 Å². The number of likely N-dealkylation sites (tertiary alicyclic amines) is 1. The van der Waals surface area contributed by atoms with E-state index in [9.17, 15) is 19.7 Å². The van der Waals surface area contributed by atoms with Crippen molar-refractivity contribution < 1.29 is 14.5 Å². The van der Waals surface area contributed by atoms with Gasteiger partial charge < -0.3 is 15.1 Å². The van der Waals surface area contributed by atoms with Crippen molar-refractivity contribution in [2.45, 2.75) is 38.5 Å². The molecule has 1 N–H and O–H groups in total. The zero-order valence-corrected chi connectivity index (χ0v) is 18.1. The van der Waals surface area contributed by atoms with Gasteiger partial charge in [0.15, 0.2) is 0 Å². The maximum atomic E-state index is 12.5. The predicted molar refractivity (Wildman–Crippen MR) is 119 cm³/mol. The third kappa shape index (κ3) is 7.20. The van der Waals surface area contributed by atoms with Crippen LogP contribution in [0.5, 0.6) is 0 Å². The van der Waals surface area contributed by atoms with E-state index in [0.29, 0.717) is 39.0 Å². The number of nitro groups is 1. The average molecular weight is 432 g/mol. The van der Waals surface area contributed by atoms with Gasteiger partial charge in [0.05, 0.1) is 11.5 Å². The van der Waals surface area contributed by atoms with Gasteiger partial charge in [0.25, 0.3) is 5.69 Å². The van der Waals surface area contributed by atoms with Crippen LogP contribution >= 0.6 is 0 Å². The molecule has 2 aliphatic rings. The number of nitro benzene ring substituents is 1. The Labute approximate surface area is 183 Å². The van der Waals surface area contributed by atoms with Gasteiger partial charge in [-0.1, -0.05) is 12.8 Å². The van der Waals surface area contributed by atoms with Gasteiger partial charge in [0.2, 0.25) is 11.8 Å². The smallest absolute Gasteiger partial charge is 0.269 e. The molecule has 1 aromatic rings. The predicted octanol–water partition coefficient (Wildman–Crippen LogP) is 2.33.